The van der Waals surface area contributed by atoms with Crippen LogP contribution in [0.4, 0.5) is 5.69 Å². The third-order valence-electron chi connectivity index (χ3n) is 5.21. The van der Waals surface area contributed by atoms with Gasteiger partial charge in [0.2, 0.25) is 5.91 Å². The maximum atomic E-state index is 12.5. The van der Waals surface area contributed by atoms with Crippen LogP contribution in [0.2, 0.25) is 0 Å². The van der Waals surface area contributed by atoms with Crippen LogP contribution >= 0.6 is 0 Å². The molecule has 1 aliphatic rings. The molecule has 2 aromatic carbocycles. The molecule has 4 nitrogen and oxygen atoms in total. The van der Waals surface area contributed by atoms with Gasteiger partial charge < -0.3 is 10.3 Å². The maximum absolute atomic E-state index is 12.5. The van der Waals surface area contributed by atoms with Crippen molar-refractivity contribution in [1.82, 2.24) is 4.98 Å². The number of rotatable bonds is 2. The highest BCUT2D eigenvalue weighted by Crippen LogP contribution is 2.39. The van der Waals surface area contributed by atoms with Crippen molar-refractivity contribution in [3.05, 3.63) is 59.2 Å². The van der Waals surface area contributed by atoms with Gasteiger partial charge in [-0.15, -0.1) is 0 Å². The SMILES string of the molecule is CC(=O)/C=C/c1ccc2c(c1)-c1[nH]c3ccc(C(C)(C)C)cc3c1CC(=O)N2. The molecule has 0 aliphatic carbocycles. The van der Waals surface area contributed by atoms with E-state index < -0.39 is 0 Å². The average Bonchev–Trinajstić information content (AvgIpc) is 2.90. The second-order valence-corrected chi connectivity index (χ2v) is 8.46. The molecule has 1 aromatic heterocycles. The standard InChI is InChI=1S/C24H24N2O2/c1-14(27)5-6-15-7-9-21-19(11-15)23-18(13-22(28)25-21)17-12-16(24(2,3)4)8-10-20(17)26-23/h5-12,26H,13H2,1-4H3,(H,25,28)/b6-5+. The van der Waals surface area contributed by atoms with Gasteiger partial charge in [-0.25, -0.2) is 0 Å². The summed E-state index contributed by atoms with van der Waals surface area (Å²) in [5.41, 5.74) is 6.94. The lowest BCUT2D eigenvalue weighted by molar-refractivity contribution is -0.115. The minimum atomic E-state index is -0.0194. The summed E-state index contributed by atoms with van der Waals surface area (Å²) in [5.74, 6) is -0.0154. The molecule has 2 heterocycles. The molecule has 0 saturated carbocycles. The smallest absolute Gasteiger partial charge is 0.228 e. The number of amides is 1. The molecule has 0 atom stereocenters. The predicted molar refractivity (Wildman–Crippen MR) is 114 cm³/mol. The van der Waals surface area contributed by atoms with Crippen molar-refractivity contribution in [3.63, 3.8) is 0 Å². The van der Waals surface area contributed by atoms with Crippen molar-refractivity contribution in [2.45, 2.75) is 39.5 Å². The number of aromatic nitrogens is 1. The lowest BCUT2D eigenvalue weighted by atomic mass is 9.86. The van der Waals surface area contributed by atoms with E-state index in [1.165, 1.54) is 12.5 Å². The number of allylic oxidation sites excluding steroid dienone is 1. The molecule has 28 heavy (non-hydrogen) atoms. The lowest BCUT2D eigenvalue weighted by Gasteiger charge is -2.19. The molecule has 4 heteroatoms. The summed E-state index contributed by atoms with van der Waals surface area (Å²) in [6.45, 7) is 8.10. The molecule has 142 valence electrons. The summed E-state index contributed by atoms with van der Waals surface area (Å²) in [4.78, 5) is 27.4. The second kappa shape index (κ2) is 6.48. The normalized spacial score (nSPS) is 13.9. The monoisotopic (exact) mass is 372 g/mol. The van der Waals surface area contributed by atoms with Crippen LogP contribution in [-0.4, -0.2) is 16.7 Å². The Hall–Kier alpha value is -3.14. The maximum Gasteiger partial charge on any atom is 0.228 e. The highest BCUT2D eigenvalue weighted by Gasteiger charge is 2.24. The number of hydrogen-bond acceptors (Lipinski definition) is 2. The summed E-state index contributed by atoms with van der Waals surface area (Å²) >= 11 is 0. The van der Waals surface area contributed by atoms with Crippen molar-refractivity contribution in [2.24, 2.45) is 0 Å². The van der Waals surface area contributed by atoms with Gasteiger partial charge in [-0.2, -0.15) is 0 Å². The fraction of sp³-hybridized carbons (Fsp3) is 0.250. The summed E-state index contributed by atoms with van der Waals surface area (Å²) in [7, 11) is 0. The van der Waals surface area contributed by atoms with Gasteiger partial charge in [-0.1, -0.05) is 39.0 Å². The van der Waals surface area contributed by atoms with E-state index in [9.17, 15) is 9.59 Å². The number of benzene rings is 2. The first-order chi connectivity index (χ1) is 13.2. The Bertz CT molecular complexity index is 1140. The van der Waals surface area contributed by atoms with Gasteiger partial charge in [0, 0.05) is 16.5 Å². The van der Waals surface area contributed by atoms with Crippen LogP contribution in [0.1, 0.15) is 44.4 Å². The van der Waals surface area contributed by atoms with Gasteiger partial charge in [-0.3, -0.25) is 9.59 Å². The molecular weight excluding hydrogens is 348 g/mol. The Kier molecular flexibility index (Phi) is 4.22. The van der Waals surface area contributed by atoms with E-state index in [0.717, 1.165) is 39.0 Å². The average molecular weight is 372 g/mol. The first kappa shape index (κ1) is 18.2. The zero-order valence-electron chi connectivity index (χ0n) is 16.6. The number of aromatic amines is 1. The Labute approximate surface area is 164 Å². The molecule has 0 spiro atoms. The second-order valence-electron chi connectivity index (χ2n) is 8.46. The van der Waals surface area contributed by atoms with Crippen molar-refractivity contribution in [3.8, 4) is 11.3 Å². The van der Waals surface area contributed by atoms with Gasteiger partial charge in [0.25, 0.3) is 0 Å². The molecule has 1 amide bonds. The topological polar surface area (TPSA) is 62.0 Å². The highest BCUT2D eigenvalue weighted by atomic mass is 16.1. The Morgan fingerprint density at radius 1 is 1.11 bits per heavy atom. The number of hydrogen-bond donors (Lipinski definition) is 2. The molecule has 0 radical (unpaired) electrons. The summed E-state index contributed by atoms with van der Waals surface area (Å²) in [6.07, 6.45) is 3.68. The molecule has 3 aromatic rings. The number of carbonyl (C=O) groups excluding carboxylic acids is 2. The predicted octanol–water partition coefficient (Wildman–Crippen LogP) is 5.23. The zero-order valence-corrected chi connectivity index (χ0v) is 16.6. The van der Waals surface area contributed by atoms with Crippen LogP contribution in [0.15, 0.2) is 42.5 Å². The minimum Gasteiger partial charge on any atom is -0.354 e. The van der Waals surface area contributed by atoms with Gasteiger partial charge in [-0.05, 0) is 59.4 Å². The molecule has 4 rings (SSSR count). The van der Waals surface area contributed by atoms with Gasteiger partial charge in [0.1, 0.15) is 0 Å². The molecule has 1 aliphatic heterocycles. The van der Waals surface area contributed by atoms with Crippen LogP contribution in [0, 0.1) is 0 Å². The number of nitrogens with one attached hydrogen (secondary N) is 2. The third kappa shape index (κ3) is 3.26. The van der Waals surface area contributed by atoms with Crippen molar-refractivity contribution in [1.29, 1.82) is 0 Å². The first-order valence-electron chi connectivity index (χ1n) is 9.50. The molecule has 0 unspecified atom stereocenters. The molecule has 0 fully saturated rings. The number of ketones is 1. The first-order valence-corrected chi connectivity index (χ1v) is 9.50. The van der Waals surface area contributed by atoms with Crippen LogP contribution in [0.5, 0.6) is 0 Å². The van der Waals surface area contributed by atoms with Gasteiger partial charge in [0.15, 0.2) is 5.78 Å². The fourth-order valence-corrected chi connectivity index (χ4v) is 3.68. The fourth-order valence-electron chi connectivity index (χ4n) is 3.68. The van der Waals surface area contributed by atoms with E-state index in [1.54, 1.807) is 12.2 Å². The number of fused-ring (bicyclic) bond motifs is 5. The largest absolute Gasteiger partial charge is 0.354 e. The van der Waals surface area contributed by atoms with Gasteiger partial charge in [0.05, 0.1) is 17.8 Å². The molecule has 2 N–H and O–H groups in total. The van der Waals surface area contributed by atoms with E-state index >= 15 is 0 Å². The molecule has 0 bridgehead atoms. The third-order valence-corrected chi connectivity index (χ3v) is 5.21. The van der Waals surface area contributed by atoms with E-state index in [0.29, 0.717) is 6.42 Å². The molecular formula is C24H24N2O2. The lowest BCUT2D eigenvalue weighted by Crippen LogP contribution is -2.13. The van der Waals surface area contributed by atoms with Crippen LogP contribution < -0.4 is 5.32 Å². The Balaban J connectivity index is 1.94. The van der Waals surface area contributed by atoms with Crippen molar-refractivity contribution in [2.75, 3.05) is 5.32 Å². The van der Waals surface area contributed by atoms with E-state index in [1.807, 2.05) is 18.2 Å². The quantitative estimate of drug-likeness (QED) is 0.605. The van der Waals surface area contributed by atoms with E-state index in [2.05, 4.69) is 49.3 Å². The van der Waals surface area contributed by atoms with Crippen molar-refractivity contribution >= 4 is 34.4 Å². The van der Waals surface area contributed by atoms with E-state index in [4.69, 9.17) is 0 Å². The summed E-state index contributed by atoms with van der Waals surface area (Å²) in [5, 5.41) is 4.10. The highest BCUT2D eigenvalue weighted by molar-refractivity contribution is 6.05. The van der Waals surface area contributed by atoms with Crippen LogP contribution in [0.3, 0.4) is 0 Å². The van der Waals surface area contributed by atoms with Crippen LogP contribution in [0.25, 0.3) is 28.2 Å². The van der Waals surface area contributed by atoms with Crippen LogP contribution in [-0.2, 0) is 21.4 Å². The summed E-state index contributed by atoms with van der Waals surface area (Å²) < 4.78 is 0. The van der Waals surface area contributed by atoms with Gasteiger partial charge >= 0.3 is 0 Å². The Morgan fingerprint density at radius 3 is 2.61 bits per heavy atom. The molecule has 0 saturated heterocycles. The van der Waals surface area contributed by atoms with E-state index in [-0.39, 0.29) is 17.1 Å². The zero-order chi connectivity index (χ0) is 20.1. The Morgan fingerprint density at radius 2 is 1.89 bits per heavy atom. The van der Waals surface area contributed by atoms with Crippen molar-refractivity contribution < 1.29 is 9.59 Å². The number of H-pyrrole nitrogens is 1. The number of carbonyl (C=O) groups is 2. The summed E-state index contributed by atoms with van der Waals surface area (Å²) in [6, 6.07) is 12.3. The minimum absolute atomic E-state index is 0.00394. The number of anilines is 1.